The minimum Gasteiger partial charge on any atom is -0.493 e. The summed E-state index contributed by atoms with van der Waals surface area (Å²) in [6, 6.07) is 15.8. The second-order valence-corrected chi connectivity index (χ2v) is 12.2. The number of ether oxygens (including phenoxy) is 3. The quantitative estimate of drug-likeness (QED) is 0.200. The summed E-state index contributed by atoms with van der Waals surface area (Å²) < 4.78 is 57.4. The molecule has 1 unspecified atom stereocenters. The van der Waals surface area contributed by atoms with Crippen LogP contribution in [0.2, 0.25) is 0 Å². The number of aromatic nitrogens is 2. The van der Waals surface area contributed by atoms with Crippen LogP contribution in [-0.2, 0) is 22.5 Å². The Balaban J connectivity index is 1.68. The first kappa shape index (κ1) is 31.1. The Bertz CT molecular complexity index is 2050. The fourth-order valence-electron chi connectivity index (χ4n) is 6.10. The highest BCUT2D eigenvalue weighted by Gasteiger charge is 2.34. The van der Waals surface area contributed by atoms with Crippen molar-refractivity contribution in [3.8, 4) is 22.6 Å². The minimum absolute atomic E-state index is 0.137. The number of carboxylic acids is 1. The Kier molecular flexibility index (Phi) is 7.76. The summed E-state index contributed by atoms with van der Waals surface area (Å²) in [6.07, 6.45) is -3.96. The maximum absolute atomic E-state index is 13.4. The number of pyridine rings is 2. The zero-order valence-electron chi connectivity index (χ0n) is 25.6. The molecule has 1 atom stereocenters. The second kappa shape index (κ2) is 11.5. The third-order valence-corrected chi connectivity index (χ3v) is 7.87. The van der Waals surface area contributed by atoms with Gasteiger partial charge in [0.25, 0.3) is 5.56 Å². The molecule has 0 bridgehead atoms. The highest BCUT2D eigenvalue weighted by atomic mass is 19.4. The Morgan fingerprint density at radius 3 is 2.57 bits per heavy atom. The van der Waals surface area contributed by atoms with Crippen LogP contribution in [-0.4, -0.2) is 39.2 Å². The van der Waals surface area contributed by atoms with Crippen molar-refractivity contribution in [3.05, 3.63) is 99.5 Å². The topological polar surface area (TPSA) is 99.9 Å². The first-order valence-corrected chi connectivity index (χ1v) is 14.7. The van der Waals surface area contributed by atoms with Gasteiger partial charge in [0.2, 0.25) is 0 Å². The molecule has 3 heterocycles. The summed E-state index contributed by atoms with van der Waals surface area (Å²) in [7, 11) is 0. The van der Waals surface area contributed by atoms with Gasteiger partial charge in [0.1, 0.15) is 11.5 Å². The van der Waals surface area contributed by atoms with Crippen molar-refractivity contribution in [2.24, 2.45) is 0 Å². The number of fused-ring (bicyclic) bond motifs is 1. The number of carboxylic acid groups (broad SMARTS) is 1. The molecule has 6 rings (SSSR count). The number of alkyl halides is 3. The van der Waals surface area contributed by atoms with Gasteiger partial charge in [-0.15, -0.1) is 13.2 Å². The van der Waals surface area contributed by atoms with Gasteiger partial charge in [-0.2, -0.15) is 0 Å². The Hall–Kier alpha value is -4.90. The highest BCUT2D eigenvalue weighted by Crippen LogP contribution is 2.45. The number of hydrogen-bond acceptors (Lipinski definition) is 6. The van der Waals surface area contributed by atoms with Crippen molar-refractivity contribution in [2.45, 2.75) is 58.7 Å². The number of carbonyl (C=O) groups is 1. The first-order valence-electron chi connectivity index (χ1n) is 14.7. The van der Waals surface area contributed by atoms with Gasteiger partial charge in [0.05, 0.1) is 29.8 Å². The van der Waals surface area contributed by atoms with Gasteiger partial charge in [0, 0.05) is 46.1 Å². The SMILES string of the molecule is Cc1cc2c(ccc(=O)n2Cc2ccccc2OC(F)(F)F)c(-c2ccc3c4c(ccnc24)CCO3)c1C(OC(C)(C)C)C(=O)O. The number of rotatable bonds is 7. The lowest BCUT2D eigenvalue weighted by molar-refractivity contribution is -0.274. The zero-order valence-corrected chi connectivity index (χ0v) is 25.6. The van der Waals surface area contributed by atoms with E-state index in [4.69, 9.17) is 14.5 Å². The molecule has 8 nitrogen and oxygen atoms in total. The third-order valence-electron chi connectivity index (χ3n) is 7.87. The van der Waals surface area contributed by atoms with Crippen molar-refractivity contribution < 1.29 is 37.3 Å². The summed E-state index contributed by atoms with van der Waals surface area (Å²) >= 11 is 0. The molecule has 0 radical (unpaired) electrons. The number of benzene rings is 3. The first-order chi connectivity index (χ1) is 21.7. The molecular formula is C35H31F3N2O6. The largest absolute Gasteiger partial charge is 0.573 e. The predicted molar refractivity (Wildman–Crippen MR) is 166 cm³/mol. The molecule has 238 valence electrons. The molecule has 0 aliphatic carbocycles. The van der Waals surface area contributed by atoms with Crippen molar-refractivity contribution in [1.82, 2.24) is 9.55 Å². The molecule has 0 saturated heterocycles. The molecule has 0 fully saturated rings. The lowest BCUT2D eigenvalue weighted by atomic mass is 9.86. The minimum atomic E-state index is -4.93. The molecule has 1 aliphatic heterocycles. The van der Waals surface area contributed by atoms with E-state index in [1.807, 2.05) is 18.2 Å². The van der Waals surface area contributed by atoms with Crippen LogP contribution >= 0.6 is 0 Å². The number of aliphatic carboxylic acids is 1. The average Bonchev–Trinajstić information content (AvgIpc) is 2.97. The lowest BCUT2D eigenvalue weighted by Crippen LogP contribution is -2.28. The smallest absolute Gasteiger partial charge is 0.493 e. The van der Waals surface area contributed by atoms with E-state index in [9.17, 15) is 27.9 Å². The van der Waals surface area contributed by atoms with Gasteiger partial charge in [0.15, 0.2) is 6.10 Å². The lowest BCUT2D eigenvalue weighted by Gasteiger charge is -2.29. The molecule has 11 heteroatoms. The van der Waals surface area contributed by atoms with E-state index in [1.165, 1.54) is 28.8 Å². The normalized spacial score (nSPS) is 13.9. The van der Waals surface area contributed by atoms with Gasteiger partial charge in [-0.3, -0.25) is 9.78 Å². The fraction of sp³-hybridized carbons (Fsp3) is 0.286. The van der Waals surface area contributed by atoms with Crippen LogP contribution in [0.25, 0.3) is 32.9 Å². The van der Waals surface area contributed by atoms with Gasteiger partial charge < -0.3 is 23.9 Å². The summed E-state index contributed by atoms with van der Waals surface area (Å²) in [5.41, 5.74) is 2.82. The predicted octanol–water partition coefficient (Wildman–Crippen LogP) is 7.35. The molecule has 5 aromatic rings. The fourth-order valence-corrected chi connectivity index (χ4v) is 6.10. The molecule has 0 spiro atoms. The van der Waals surface area contributed by atoms with E-state index in [1.54, 1.807) is 52.1 Å². The summed E-state index contributed by atoms with van der Waals surface area (Å²) in [4.78, 5) is 31.0. The van der Waals surface area contributed by atoms with Crippen LogP contribution in [0.1, 0.15) is 49.1 Å². The summed E-state index contributed by atoms with van der Waals surface area (Å²) in [5, 5.41) is 11.8. The Morgan fingerprint density at radius 2 is 1.85 bits per heavy atom. The number of hydrogen-bond donors (Lipinski definition) is 1. The average molecular weight is 633 g/mol. The van der Waals surface area contributed by atoms with Crippen LogP contribution in [0, 0.1) is 6.92 Å². The van der Waals surface area contributed by atoms with Gasteiger partial charge in [-0.25, -0.2) is 4.79 Å². The van der Waals surface area contributed by atoms with E-state index in [0.29, 0.717) is 57.5 Å². The van der Waals surface area contributed by atoms with E-state index >= 15 is 0 Å². The molecule has 2 aromatic heterocycles. The standard InChI is InChI=1S/C35H31F3N2O6/c1-19-17-24-22(10-12-27(41)40(24)18-21-7-5-6-8-25(21)45-35(36,37)38)30(28(19)32(33(42)43)46-34(2,3)4)23-9-11-26-29-20(14-16-44-26)13-15-39-31(23)29/h5-13,15,17,32H,14,16,18H2,1-4H3,(H,42,43). The van der Waals surface area contributed by atoms with E-state index in [-0.39, 0.29) is 12.1 Å². The van der Waals surface area contributed by atoms with Crippen LogP contribution in [0.3, 0.4) is 0 Å². The zero-order chi connectivity index (χ0) is 33.0. The van der Waals surface area contributed by atoms with Gasteiger partial charge >= 0.3 is 12.3 Å². The van der Waals surface area contributed by atoms with Crippen LogP contribution < -0.4 is 15.0 Å². The molecule has 0 amide bonds. The molecule has 46 heavy (non-hydrogen) atoms. The van der Waals surface area contributed by atoms with E-state index < -0.39 is 35.3 Å². The number of aryl methyl sites for hydroxylation is 1. The van der Waals surface area contributed by atoms with Crippen molar-refractivity contribution in [2.75, 3.05) is 6.61 Å². The maximum atomic E-state index is 13.4. The second-order valence-electron chi connectivity index (χ2n) is 12.2. The molecule has 1 aliphatic rings. The Labute approximate surface area is 262 Å². The molecule has 1 N–H and O–H groups in total. The summed E-state index contributed by atoms with van der Waals surface area (Å²) in [5.74, 6) is -0.973. The van der Waals surface area contributed by atoms with Crippen molar-refractivity contribution in [1.29, 1.82) is 0 Å². The maximum Gasteiger partial charge on any atom is 0.573 e. The number of halogens is 3. The van der Waals surface area contributed by atoms with Crippen molar-refractivity contribution in [3.63, 3.8) is 0 Å². The van der Waals surface area contributed by atoms with Crippen molar-refractivity contribution >= 4 is 27.8 Å². The summed E-state index contributed by atoms with van der Waals surface area (Å²) in [6.45, 7) is 7.29. The molecule has 3 aromatic carbocycles. The number of nitrogens with zero attached hydrogens (tertiary/aromatic N) is 2. The molecular weight excluding hydrogens is 601 g/mol. The number of para-hydroxylation sites is 1. The molecule has 0 saturated carbocycles. The third kappa shape index (κ3) is 5.90. The van der Waals surface area contributed by atoms with E-state index in [2.05, 4.69) is 4.74 Å². The van der Waals surface area contributed by atoms with Gasteiger partial charge in [-0.05, 0) is 80.8 Å². The monoisotopic (exact) mass is 632 g/mol. The van der Waals surface area contributed by atoms with Crippen LogP contribution in [0.15, 0.2) is 71.7 Å². The van der Waals surface area contributed by atoms with Crippen LogP contribution in [0.5, 0.6) is 11.5 Å². The highest BCUT2D eigenvalue weighted by molar-refractivity contribution is 6.08. The van der Waals surface area contributed by atoms with E-state index in [0.717, 1.165) is 10.9 Å². The van der Waals surface area contributed by atoms with Gasteiger partial charge in [-0.1, -0.05) is 18.2 Å². The van der Waals surface area contributed by atoms with Crippen LogP contribution in [0.4, 0.5) is 13.2 Å². The Morgan fingerprint density at radius 1 is 1.09 bits per heavy atom.